The van der Waals surface area contributed by atoms with Crippen LogP contribution in [0, 0.1) is 11.3 Å². The number of nitrogens with zero attached hydrogens (tertiary/aromatic N) is 2. The molecule has 1 heterocycles. The van der Waals surface area contributed by atoms with Crippen LogP contribution in [0.25, 0.3) is 0 Å². The van der Waals surface area contributed by atoms with Crippen LogP contribution in [0.2, 0.25) is 0 Å². The molecule has 0 aliphatic heterocycles. The van der Waals surface area contributed by atoms with E-state index in [0.29, 0.717) is 11.6 Å². The van der Waals surface area contributed by atoms with E-state index < -0.39 is 0 Å². The number of pyridine rings is 1. The zero-order chi connectivity index (χ0) is 9.97. The fraction of sp³-hybridized carbons (Fsp3) is 0.300. The molecule has 14 heavy (non-hydrogen) atoms. The molecule has 1 saturated carbocycles. The molecule has 1 aromatic heterocycles. The van der Waals surface area contributed by atoms with Crippen LogP contribution < -0.4 is 5.32 Å². The van der Waals surface area contributed by atoms with Gasteiger partial charge in [0.05, 0.1) is 0 Å². The van der Waals surface area contributed by atoms with Gasteiger partial charge in [0.25, 0.3) is 5.91 Å². The van der Waals surface area contributed by atoms with Crippen LogP contribution in [0.15, 0.2) is 18.3 Å². The molecular formula is C10H9N3O. The molecular weight excluding hydrogens is 178 g/mol. The standard InChI is InChI=1S/C10H9N3O/c11-6-9-5-7(3-4-12-9)10(14)13-8-1-2-8/h3-5,8H,1-2H2,(H,13,14). The number of amides is 1. The third-order valence-corrected chi connectivity index (χ3v) is 2.05. The minimum atomic E-state index is -0.119. The SMILES string of the molecule is N#Cc1cc(C(=O)NC2CC2)ccn1. The number of nitrogens with one attached hydrogen (secondary N) is 1. The average Bonchev–Trinajstić information content (AvgIpc) is 3.02. The van der Waals surface area contributed by atoms with Crippen molar-refractivity contribution in [1.29, 1.82) is 5.26 Å². The maximum absolute atomic E-state index is 11.5. The fourth-order valence-electron chi connectivity index (χ4n) is 1.13. The normalized spacial score (nSPS) is 14.5. The van der Waals surface area contributed by atoms with Crippen molar-refractivity contribution in [3.63, 3.8) is 0 Å². The van der Waals surface area contributed by atoms with E-state index in [0.717, 1.165) is 12.8 Å². The van der Waals surface area contributed by atoms with E-state index in [1.807, 2.05) is 6.07 Å². The van der Waals surface area contributed by atoms with Gasteiger partial charge >= 0.3 is 0 Å². The van der Waals surface area contributed by atoms with Crippen LogP contribution in [0.3, 0.4) is 0 Å². The van der Waals surface area contributed by atoms with Crippen LogP contribution in [0.5, 0.6) is 0 Å². The second-order valence-electron chi connectivity index (χ2n) is 3.29. The Morgan fingerprint density at radius 2 is 2.43 bits per heavy atom. The van der Waals surface area contributed by atoms with E-state index in [2.05, 4.69) is 10.3 Å². The van der Waals surface area contributed by atoms with Gasteiger partial charge in [-0.15, -0.1) is 0 Å². The lowest BCUT2D eigenvalue weighted by Gasteiger charge is -2.02. The number of aromatic nitrogens is 1. The summed E-state index contributed by atoms with van der Waals surface area (Å²) >= 11 is 0. The summed E-state index contributed by atoms with van der Waals surface area (Å²) in [5.74, 6) is -0.119. The zero-order valence-electron chi connectivity index (χ0n) is 7.53. The first-order chi connectivity index (χ1) is 6.79. The molecule has 1 fully saturated rings. The van der Waals surface area contributed by atoms with E-state index in [1.165, 1.54) is 12.3 Å². The van der Waals surface area contributed by atoms with Gasteiger partial charge in [0.15, 0.2) is 0 Å². The van der Waals surface area contributed by atoms with E-state index in [4.69, 9.17) is 5.26 Å². The Morgan fingerprint density at radius 1 is 1.64 bits per heavy atom. The van der Waals surface area contributed by atoms with Gasteiger partial charge < -0.3 is 5.32 Å². The first-order valence-corrected chi connectivity index (χ1v) is 4.46. The van der Waals surface area contributed by atoms with Gasteiger partial charge in [0.2, 0.25) is 0 Å². The summed E-state index contributed by atoms with van der Waals surface area (Å²) in [5.41, 5.74) is 0.775. The van der Waals surface area contributed by atoms with Gasteiger partial charge in [-0.1, -0.05) is 0 Å². The number of nitriles is 1. The average molecular weight is 187 g/mol. The van der Waals surface area contributed by atoms with Crippen molar-refractivity contribution in [3.8, 4) is 6.07 Å². The lowest BCUT2D eigenvalue weighted by atomic mass is 10.2. The first kappa shape index (κ1) is 8.70. The Hall–Kier alpha value is -1.89. The minimum absolute atomic E-state index is 0.119. The topological polar surface area (TPSA) is 65.8 Å². The number of hydrogen-bond acceptors (Lipinski definition) is 3. The molecule has 0 unspecified atom stereocenters. The van der Waals surface area contributed by atoms with Crippen LogP contribution in [0.4, 0.5) is 0 Å². The Labute approximate surface area is 81.6 Å². The quantitative estimate of drug-likeness (QED) is 0.746. The second-order valence-corrected chi connectivity index (χ2v) is 3.29. The molecule has 0 saturated heterocycles. The van der Waals surface area contributed by atoms with E-state index in [-0.39, 0.29) is 11.6 Å². The molecule has 4 nitrogen and oxygen atoms in total. The van der Waals surface area contributed by atoms with Crippen LogP contribution in [0.1, 0.15) is 28.9 Å². The van der Waals surface area contributed by atoms with Gasteiger partial charge in [-0.05, 0) is 25.0 Å². The Balaban J connectivity index is 2.14. The number of carbonyl (C=O) groups is 1. The molecule has 1 aliphatic rings. The molecule has 0 spiro atoms. The summed E-state index contributed by atoms with van der Waals surface area (Å²) in [6.45, 7) is 0. The zero-order valence-corrected chi connectivity index (χ0v) is 7.53. The molecule has 0 atom stereocenters. The van der Waals surface area contributed by atoms with Gasteiger partial charge in [0, 0.05) is 17.8 Å². The van der Waals surface area contributed by atoms with Crippen LogP contribution in [-0.2, 0) is 0 Å². The number of rotatable bonds is 2. The summed E-state index contributed by atoms with van der Waals surface area (Å²) in [4.78, 5) is 15.3. The molecule has 0 aromatic carbocycles. The molecule has 2 rings (SSSR count). The van der Waals surface area contributed by atoms with E-state index >= 15 is 0 Å². The van der Waals surface area contributed by atoms with Gasteiger partial charge in [-0.25, -0.2) is 4.98 Å². The molecule has 1 aromatic rings. The largest absolute Gasteiger partial charge is 0.349 e. The summed E-state index contributed by atoms with van der Waals surface area (Å²) in [7, 11) is 0. The van der Waals surface area contributed by atoms with Crippen molar-refractivity contribution in [2.75, 3.05) is 0 Å². The molecule has 1 N–H and O–H groups in total. The van der Waals surface area contributed by atoms with Crippen molar-refractivity contribution in [3.05, 3.63) is 29.6 Å². The highest BCUT2D eigenvalue weighted by molar-refractivity contribution is 5.94. The van der Waals surface area contributed by atoms with Crippen molar-refractivity contribution < 1.29 is 4.79 Å². The molecule has 1 amide bonds. The Kier molecular flexibility index (Phi) is 2.15. The van der Waals surface area contributed by atoms with E-state index in [1.54, 1.807) is 6.07 Å². The summed E-state index contributed by atoms with van der Waals surface area (Å²) in [6.07, 6.45) is 3.59. The third kappa shape index (κ3) is 1.88. The van der Waals surface area contributed by atoms with E-state index in [9.17, 15) is 4.79 Å². The highest BCUT2D eigenvalue weighted by atomic mass is 16.1. The maximum Gasteiger partial charge on any atom is 0.251 e. The smallest absolute Gasteiger partial charge is 0.251 e. The monoisotopic (exact) mass is 187 g/mol. The highest BCUT2D eigenvalue weighted by Gasteiger charge is 2.23. The summed E-state index contributed by atoms with van der Waals surface area (Å²) in [5, 5.41) is 11.4. The van der Waals surface area contributed by atoms with Crippen LogP contribution >= 0.6 is 0 Å². The number of hydrogen-bond donors (Lipinski definition) is 1. The Bertz CT molecular complexity index is 404. The van der Waals surface area contributed by atoms with Crippen molar-refractivity contribution in [2.24, 2.45) is 0 Å². The lowest BCUT2D eigenvalue weighted by Crippen LogP contribution is -2.25. The summed E-state index contributed by atoms with van der Waals surface area (Å²) in [6, 6.07) is 5.34. The third-order valence-electron chi connectivity index (χ3n) is 2.05. The predicted molar refractivity (Wildman–Crippen MR) is 49.4 cm³/mol. The molecule has 0 bridgehead atoms. The molecule has 70 valence electrons. The van der Waals surface area contributed by atoms with Crippen LogP contribution in [-0.4, -0.2) is 16.9 Å². The fourth-order valence-corrected chi connectivity index (χ4v) is 1.13. The molecule has 1 aliphatic carbocycles. The first-order valence-electron chi connectivity index (χ1n) is 4.46. The Morgan fingerprint density at radius 3 is 3.07 bits per heavy atom. The maximum atomic E-state index is 11.5. The van der Waals surface area contributed by atoms with Crippen molar-refractivity contribution >= 4 is 5.91 Å². The van der Waals surface area contributed by atoms with Crippen molar-refractivity contribution in [1.82, 2.24) is 10.3 Å². The summed E-state index contributed by atoms with van der Waals surface area (Å²) < 4.78 is 0. The molecule has 4 heteroatoms. The molecule has 0 radical (unpaired) electrons. The van der Waals surface area contributed by atoms with Gasteiger partial charge in [-0.2, -0.15) is 5.26 Å². The lowest BCUT2D eigenvalue weighted by molar-refractivity contribution is 0.0951. The highest BCUT2D eigenvalue weighted by Crippen LogP contribution is 2.19. The predicted octanol–water partition coefficient (Wildman–Crippen LogP) is 0.845. The van der Waals surface area contributed by atoms with Crippen molar-refractivity contribution in [2.45, 2.75) is 18.9 Å². The second kappa shape index (κ2) is 3.46. The van der Waals surface area contributed by atoms with Gasteiger partial charge in [0.1, 0.15) is 11.8 Å². The van der Waals surface area contributed by atoms with Gasteiger partial charge in [-0.3, -0.25) is 4.79 Å². The minimum Gasteiger partial charge on any atom is -0.349 e. The number of carbonyl (C=O) groups excluding carboxylic acids is 1.